The van der Waals surface area contributed by atoms with Gasteiger partial charge in [-0.15, -0.1) is 0 Å². The average molecular weight is 407 g/mol. The van der Waals surface area contributed by atoms with Crippen molar-refractivity contribution in [1.82, 2.24) is 13.9 Å². The minimum absolute atomic E-state index is 0.247. The molecule has 0 fully saturated rings. The summed E-state index contributed by atoms with van der Waals surface area (Å²) in [4.78, 5) is 31.2. The molecule has 8 heteroatoms. The molecule has 4 rings (SSSR count). The Bertz CT molecular complexity index is 1180. The zero-order valence-corrected chi connectivity index (χ0v) is 17.5. The fourth-order valence-electron chi connectivity index (χ4n) is 3.70. The maximum absolute atomic E-state index is 13.0. The Hall–Kier alpha value is -3.55. The maximum Gasteiger partial charge on any atom is 0.295 e. The van der Waals surface area contributed by atoms with E-state index >= 15 is 0 Å². The van der Waals surface area contributed by atoms with Gasteiger partial charge in [-0.3, -0.25) is 14.3 Å². The van der Waals surface area contributed by atoms with E-state index in [1.807, 2.05) is 49.6 Å². The molecule has 0 spiro atoms. The number of hydrogen-bond donors (Lipinski definition) is 1. The van der Waals surface area contributed by atoms with Crippen molar-refractivity contribution in [1.29, 1.82) is 0 Å². The van der Waals surface area contributed by atoms with Gasteiger partial charge in [-0.2, -0.15) is 0 Å². The molecule has 3 aromatic rings. The molecule has 1 aliphatic heterocycles. The summed E-state index contributed by atoms with van der Waals surface area (Å²) in [6, 6.07) is 9.30. The molecule has 1 N–H and O–H groups in total. The largest absolute Gasteiger partial charge is 0.382 e. The van der Waals surface area contributed by atoms with Crippen molar-refractivity contribution < 1.29 is 9.63 Å². The minimum Gasteiger partial charge on any atom is -0.382 e. The molecule has 30 heavy (non-hydrogen) atoms. The van der Waals surface area contributed by atoms with Crippen LogP contribution in [0.15, 0.2) is 52.7 Å². The predicted molar refractivity (Wildman–Crippen MR) is 115 cm³/mol. The van der Waals surface area contributed by atoms with Crippen LogP contribution in [0.25, 0.3) is 5.69 Å². The highest BCUT2D eigenvalue weighted by Gasteiger charge is 2.31. The van der Waals surface area contributed by atoms with Crippen LogP contribution in [-0.2, 0) is 23.2 Å². The summed E-state index contributed by atoms with van der Waals surface area (Å²) in [7, 11) is 1.79. The molecule has 3 heterocycles. The highest BCUT2D eigenvalue weighted by Crippen LogP contribution is 2.22. The van der Waals surface area contributed by atoms with Gasteiger partial charge in [-0.25, -0.2) is 4.68 Å². The highest BCUT2D eigenvalue weighted by molar-refractivity contribution is 6.06. The van der Waals surface area contributed by atoms with E-state index in [9.17, 15) is 9.59 Å². The van der Waals surface area contributed by atoms with Gasteiger partial charge in [-0.1, -0.05) is 23.4 Å². The van der Waals surface area contributed by atoms with Crippen LogP contribution < -0.4 is 10.9 Å². The topological polar surface area (TPSA) is 82.6 Å². The summed E-state index contributed by atoms with van der Waals surface area (Å²) in [5.74, 6) is -0.382. The van der Waals surface area contributed by atoms with Crippen LogP contribution in [0.4, 0.5) is 5.69 Å². The lowest BCUT2D eigenvalue weighted by Crippen LogP contribution is -2.30. The Morgan fingerprint density at radius 3 is 2.63 bits per heavy atom. The first-order valence-corrected chi connectivity index (χ1v) is 9.95. The van der Waals surface area contributed by atoms with Gasteiger partial charge in [0, 0.05) is 38.0 Å². The van der Waals surface area contributed by atoms with Gasteiger partial charge >= 0.3 is 0 Å². The number of hydrogen-bond acceptors (Lipinski definition) is 4. The molecule has 1 unspecified atom stereocenters. The van der Waals surface area contributed by atoms with Gasteiger partial charge in [0.15, 0.2) is 0 Å². The molecular weight excluding hydrogens is 382 g/mol. The SMILES string of the molecule is CCn1cc(C)c(C2=NOC(C(=O)Nc3c(C)n(C)n(-c4ccccc4)c3=O)C2)c1. The fourth-order valence-corrected chi connectivity index (χ4v) is 3.70. The minimum atomic E-state index is -0.770. The van der Waals surface area contributed by atoms with Gasteiger partial charge in [0.05, 0.1) is 17.1 Å². The van der Waals surface area contributed by atoms with Crippen molar-refractivity contribution in [2.75, 3.05) is 5.32 Å². The molecule has 156 valence electrons. The summed E-state index contributed by atoms with van der Waals surface area (Å²) in [5, 5.41) is 6.89. The second-order valence-electron chi connectivity index (χ2n) is 7.45. The van der Waals surface area contributed by atoms with Crippen LogP contribution in [-0.4, -0.2) is 31.7 Å². The number of benzene rings is 1. The Labute approximate surface area is 174 Å². The number of nitrogens with one attached hydrogen (secondary N) is 1. The summed E-state index contributed by atoms with van der Waals surface area (Å²) in [6.07, 6.45) is 3.65. The van der Waals surface area contributed by atoms with Crippen molar-refractivity contribution in [3.8, 4) is 5.69 Å². The molecule has 1 atom stereocenters. The number of para-hydroxylation sites is 1. The number of carbonyl (C=O) groups is 1. The van der Waals surface area contributed by atoms with Crippen molar-refractivity contribution >= 4 is 17.3 Å². The van der Waals surface area contributed by atoms with Gasteiger partial charge < -0.3 is 14.7 Å². The highest BCUT2D eigenvalue weighted by atomic mass is 16.6. The number of anilines is 1. The molecule has 0 saturated heterocycles. The number of carbonyl (C=O) groups excluding carboxylic acids is 1. The van der Waals surface area contributed by atoms with Crippen LogP contribution >= 0.6 is 0 Å². The van der Waals surface area contributed by atoms with E-state index in [0.717, 1.165) is 29.1 Å². The zero-order valence-electron chi connectivity index (χ0n) is 17.5. The normalized spacial score (nSPS) is 15.7. The second-order valence-corrected chi connectivity index (χ2v) is 7.45. The monoisotopic (exact) mass is 407 g/mol. The molecule has 1 aliphatic rings. The van der Waals surface area contributed by atoms with Gasteiger partial charge in [0.2, 0.25) is 6.10 Å². The van der Waals surface area contributed by atoms with E-state index in [2.05, 4.69) is 22.0 Å². The predicted octanol–water partition coefficient (Wildman–Crippen LogP) is 2.75. The van der Waals surface area contributed by atoms with Gasteiger partial charge in [0.1, 0.15) is 5.69 Å². The third-order valence-corrected chi connectivity index (χ3v) is 5.52. The Balaban J connectivity index is 1.53. The summed E-state index contributed by atoms with van der Waals surface area (Å²) >= 11 is 0. The Morgan fingerprint density at radius 1 is 1.23 bits per heavy atom. The number of rotatable bonds is 5. The third kappa shape index (κ3) is 3.34. The van der Waals surface area contributed by atoms with Crippen LogP contribution in [0.2, 0.25) is 0 Å². The molecule has 0 saturated carbocycles. The lowest BCUT2D eigenvalue weighted by Gasteiger charge is -2.08. The number of nitrogens with zero attached hydrogens (tertiary/aromatic N) is 4. The molecule has 1 aromatic carbocycles. The van der Waals surface area contributed by atoms with Crippen molar-refractivity contribution in [2.45, 2.75) is 39.8 Å². The van der Waals surface area contributed by atoms with Gasteiger partial charge in [0.25, 0.3) is 11.5 Å². The second kappa shape index (κ2) is 7.70. The van der Waals surface area contributed by atoms with Crippen LogP contribution in [0.3, 0.4) is 0 Å². The van der Waals surface area contributed by atoms with E-state index in [4.69, 9.17) is 4.84 Å². The first-order valence-electron chi connectivity index (χ1n) is 9.95. The molecule has 0 radical (unpaired) electrons. The van der Waals surface area contributed by atoms with E-state index in [1.165, 1.54) is 4.68 Å². The van der Waals surface area contributed by atoms with Gasteiger partial charge in [-0.05, 0) is 38.5 Å². The van der Waals surface area contributed by atoms with Crippen molar-refractivity contribution in [2.24, 2.45) is 12.2 Å². The quantitative estimate of drug-likeness (QED) is 0.706. The first-order chi connectivity index (χ1) is 14.4. The van der Waals surface area contributed by atoms with E-state index < -0.39 is 6.10 Å². The standard InChI is InChI=1S/C22H25N5O3/c1-5-26-12-14(2)17(13-26)18-11-19(30-24-18)21(28)23-20-15(3)25(4)27(22(20)29)16-9-7-6-8-10-16/h6-10,12-13,19H,5,11H2,1-4H3,(H,23,28). The molecular formula is C22H25N5O3. The summed E-state index contributed by atoms with van der Waals surface area (Å²) in [5.41, 5.74) is 4.16. The number of amides is 1. The molecule has 0 aliphatic carbocycles. The Morgan fingerprint density at radius 2 is 1.97 bits per heavy atom. The van der Waals surface area contributed by atoms with E-state index in [0.29, 0.717) is 12.1 Å². The smallest absolute Gasteiger partial charge is 0.295 e. The summed E-state index contributed by atoms with van der Waals surface area (Å²) in [6.45, 7) is 6.73. The Kier molecular flexibility index (Phi) is 5.07. The number of aromatic nitrogens is 3. The molecule has 2 aromatic heterocycles. The van der Waals surface area contributed by atoms with Crippen LogP contribution in [0.5, 0.6) is 0 Å². The lowest BCUT2D eigenvalue weighted by molar-refractivity contribution is -0.125. The number of oxime groups is 1. The fraction of sp³-hybridized carbons (Fsp3) is 0.318. The first kappa shape index (κ1) is 19.8. The third-order valence-electron chi connectivity index (χ3n) is 5.52. The number of aryl methyl sites for hydroxylation is 2. The maximum atomic E-state index is 13.0. The zero-order chi connectivity index (χ0) is 21.4. The lowest BCUT2D eigenvalue weighted by atomic mass is 10.0. The average Bonchev–Trinajstić information content (AvgIpc) is 3.42. The summed E-state index contributed by atoms with van der Waals surface area (Å²) < 4.78 is 5.32. The molecule has 0 bridgehead atoms. The van der Waals surface area contributed by atoms with Crippen molar-refractivity contribution in [3.05, 3.63) is 69.9 Å². The van der Waals surface area contributed by atoms with Crippen LogP contribution in [0, 0.1) is 13.8 Å². The van der Waals surface area contributed by atoms with Crippen LogP contribution in [0.1, 0.15) is 30.2 Å². The van der Waals surface area contributed by atoms with E-state index in [1.54, 1.807) is 18.7 Å². The van der Waals surface area contributed by atoms with E-state index in [-0.39, 0.29) is 17.2 Å². The van der Waals surface area contributed by atoms with Crippen molar-refractivity contribution in [3.63, 3.8) is 0 Å². The molecule has 1 amide bonds. The molecule has 8 nitrogen and oxygen atoms in total.